The first kappa shape index (κ1) is 23.8. The maximum Gasteiger partial charge on any atom is 0.513 e. The van der Waals surface area contributed by atoms with Crippen molar-refractivity contribution in [3.05, 3.63) is 63.7 Å². The van der Waals surface area contributed by atoms with Gasteiger partial charge in [0.1, 0.15) is 17.5 Å². The number of benzene rings is 2. The average molecular weight is 462 g/mol. The van der Waals surface area contributed by atoms with Gasteiger partial charge in [0.25, 0.3) is 5.69 Å². The summed E-state index contributed by atoms with van der Waals surface area (Å²) in [6.07, 6.45) is 3.76. The fourth-order valence-electron chi connectivity index (χ4n) is 3.37. The lowest BCUT2D eigenvalue weighted by atomic mass is 9.92. The predicted octanol–water partition coefficient (Wildman–Crippen LogP) is 4.97. The number of ether oxygens (including phenoxy) is 1. The summed E-state index contributed by atoms with van der Waals surface area (Å²) < 4.78 is 30.2. The van der Waals surface area contributed by atoms with E-state index in [0.717, 1.165) is 31.2 Å². The molecular formula is C22H27N2O7P. The van der Waals surface area contributed by atoms with Gasteiger partial charge in [-0.1, -0.05) is 6.07 Å². The first-order valence-corrected chi connectivity index (χ1v) is 12.0. The maximum atomic E-state index is 13.6. The summed E-state index contributed by atoms with van der Waals surface area (Å²) in [7, 11) is -4.11. The number of carbonyl (C=O) groups excluding carboxylic acids is 1. The molecule has 0 bridgehead atoms. The van der Waals surface area contributed by atoms with Crippen LogP contribution in [0.5, 0.6) is 11.5 Å². The quantitative estimate of drug-likeness (QED) is 0.240. The van der Waals surface area contributed by atoms with E-state index < -0.39 is 24.7 Å². The van der Waals surface area contributed by atoms with Gasteiger partial charge in [-0.05, 0) is 81.8 Å². The van der Waals surface area contributed by atoms with Crippen molar-refractivity contribution in [1.82, 2.24) is 5.09 Å². The molecule has 1 unspecified atom stereocenters. The number of nitrogens with zero attached hydrogens (tertiary/aromatic N) is 1. The van der Waals surface area contributed by atoms with Gasteiger partial charge in [0.2, 0.25) is 0 Å². The largest absolute Gasteiger partial charge is 0.513 e. The van der Waals surface area contributed by atoms with E-state index in [1.165, 1.54) is 36.8 Å². The Bertz CT molecular complexity index is 1020. The van der Waals surface area contributed by atoms with E-state index in [0.29, 0.717) is 5.75 Å². The molecule has 10 heteroatoms. The van der Waals surface area contributed by atoms with Crippen molar-refractivity contribution in [3.8, 4) is 11.5 Å². The zero-order valence-electron chi connectivity index (χ0n) is 18.3. The molecule has 0 saturated heterocycles. The van der Waals surface area contributed by atoms with Crippen molar-refractivity contribution in [2.75, 3.05) is 0 Å². The molecule has 2 atom stereocenters. The lowest BCUT2D eigenvalue weighted by Crippen LogP contribution is -2.36. The molecule has 1 N–H and O–H groups in total. The molecule has 3 rings (SSSR count). The van der Waals surface area contributed by atoms with Gasteiger partial charge >= 0.3 is 13.7 Å². The maximum absolute atomic E-state index is 13.6. The molecule has 172 valence electrons. The monoisotopic (exact) mass is 462 g/mol. The van der Waals surface area contributed by atoms with Crippen LogP contribution in [0.3, 0.4) is 0 Å². The summed E-state index contributed by atoms with van der Waals surface area (Å²) >= 11 is 0. The highest BCUT2D eigenvalue weighted by Gasteiger charge is 2.34. The minimum Gasteiger partial charge on any atom is -0.462 e. The van der Waals surface area contributed by atoms with Crippen molar-refractivity contribution < 1.29 is 28.1 Å². The predicted molar refractivity (Wildman–Crippen MR) is 119 cm³/mol. The minimum absolute atomic E-state index is 0.0915. The van der Waals surface area contributed by atoms with Crippen molar-refractivity contribution in [1.29, 1.82) is 0 Å². The van der Waals surface area contributed by atoms with Gasteiger partial charge < -0.3 is 13.8 Å². The van der Waals surface area contributed by atoms with Crippen molar-refractivity contribution in [2.45, 2.75) is 58.6 Å². The Hall–Kier alpha value is -2.90. The molecule has 0 radical (unpaired) electrons. The molecule has 0 amide bonds. The highest BCUT2D eigenvalue weighted by atomic mass is 31.2. The van der Waals surface area contributed by atoms with E-state index in [4.69, 9.17) is 13.8 Å². The minimum atomic E-state index is -4.11. The number of non-ortho nitro benzene ring substituents is 1. The molecule has 9 nitrogen and oxygen atoms in total. The Balaban J connectivity index is 1.84. The molecule has 32 heavy (non-hydrogen) atoms. The van der Waals surface area contributed by atoms with Crippen LogP contribution in [0.2, 0.25) is 0 Å². The normalized spacial score (nSPS) is 15.9. The molecule has 0 fully saturated rings. The van der Waals surface area contributed by atoms with E-state index in [2.05, 4.69) is 5.09 Å². The molecule has 0 spiro atoms. The fraction of sp³-hybridized carbons (Fsp3) is 0.409. The number of esters is 1. The van der Waals surface area contributed by atoms with E-state index in [-0.39, 0.29) is 17.5 Å². The number of fused-ring (bicyclic) bond motifs is 1. The molecule has 0 saturated carbocycles. The highest BCUT2D eigenvalue weighted by Crippen LogP contribution is 2.46. The second kappa shape index (κ2) is 10.1. The fourth-order valence-corrected chi connectivity index (χ4v) is 4.88. The third-order valence-electron chi connectivity index (χ3n) is 4.88. The second-order valence-electron chi connectivity index (χ2n) is 7.91. The van der Waals surface area contributed by atoms with E-state index in [9.17, 15) is 19.5 Å². The number of rotatable bonds is 9. The molecule has 0 aromatic heterocycles. The molecule has 1 aliphatic carbocycles. The summed E-state index contributed by atoms with van der Waals surface area (Å²) in [6.45, 7) is 4.91. The van der Waals surface area contributed by atoms with Gasteiger partial charge in [-0.3, -0.25) is 14.9 Å². The topological polar surface area (TPSA) is 117 Å². The lowest BCUT2D eigenvalue weighted by Gasteiger charge is -2.24. The Morgan fingerprint density at radius 1 is 1.00 bits per heavy atom. The lowest BCUT2D eigenvalue weighted by molar-refractivity contribution is -0.384. The average Bonchev–Trinajstić information content (AvgIpc) is 2.73. The van der Waals surface area contributed by atoms with Crippen LogP contribution in [0.1, 0.15) is 44.7 Å². The summed E-state index contributed by atoms with van der Waals surface area (Å²) in [5.74, 6) is -0.178. The van der Waals surface area contributed by atoms with Crippen molar-refractivity contribution in [2.24, 2.45) is 0 Å². The van der Waals surface area contributed by atoms with Gasteiger partial charge in [0, 0.05) is 12.1 Å². The number of nitro groups is 1. The molecule has 0 heterocycles. The number of nitrogens with one attached hydrogen (secondary N) is 1. The van der Waals surface area contributed by atoms with Crippen LogP contribution in [-0.2, 0) is 26.9 Å². The van der Waals surface area contributed by atoms with Crippen LogP contribution >= 0.6 is 7.75 Å². The summed E-state index contributed by atoms with van der Waals surface area (Å²) in [4.78, 5) is 22.6. The second-order valence-corrected chi connectivity index (χ2v) is 9.52. The first-order chi connectivity index (χ1) is 15.1. The van der Waals surface area contributed by atoms with Crippen molar-refractivity contribution >= 4 is 19.4 Å². The third-order valence-corrected chi connectivity index (χ3v) is 6.48. The molecule has 0 aliphatic heterocycles. The van der Waals surface area contributed by atoms with Crippen LogP contribution < -0.4 is 14.1 Å². The summed E-state index contributed by atoms with van der Waals surface area (Å²) in [5, 5.41) is 13.5. The molecule has 2 aromatic carbocycles. The Morgan fingerprint density at radius 3 is 2.22 bits per heavy atom. The van der Waals surface area contributed by atoms with Gasteiger partial charge in [0.05, 0.1) is 11.0 Å². The van der Waals surface area contributed by atoms with Crippen LogP contribution in [0.15, 0.2) is 42.5 Å². The zero-order chi connectivity index (χ0) is 23.3. The number of carbonyl (C=O) groups is 1. The van der Waals surface area contributed by atoms with E-state index in [1.807, 2.05) is 12.1 Å². The molecule has 2 aromatic rings. The van der Waals surface area contributed by atoms with Gasteiger partial charge in [-0.2, -0.15) is 5.09 Å². The van der Waals surface area contributed by atoms with Gasteiger partial charge in [-0.15, -0.1) is 0 Å². The molecule has 1 aliphatic rings. The van der Waals surface area contributed by atoms with Crippen LogP contribution in [0.25, 0.3) is 0 Å². The number of aryl methyl sites for hydroxylation is 2. The SMILES string of the molecule is CC(C)OC(=O)[C@H](C)NP(=O)(Oc1ccc([N+](=O)[O-])cc1)Oc1ccc2c(c1)CCCC2. The van der Waals surface area contributed by atoms with E-state index >= 15 is 0 Å². The zero-order valence-corrected chi connectivity index (χ0v) is 19.2. The summed E-state index contributed by atoms with van der Waals surface area (Å²) in [6, 6.07) is 9.60. The van der Waals surface area contributed by atoms with Gasteiger partial charge in [0.15, 0.2) is 0 Å². The first-order valence-electron chi connectivity index (χ1n) is 10.5. The van der Waals surface area contributed by atoms with Crippen LogP contribution in [-0.4, -0.2) is 23.0 Å². The number of nitro benzene ring substituents is 1. The Kier molecular flexibility index (Phi) is 7.53. The van der Waals surface area contributed by atoms with Gasteiger partial charge in [-0.25, -0.2) is 4.57 Å². The van der Waals surface area contributed by atoms with Crippen LogP contribution in [0.4, 0.5) is 5.69 Å². The third kappa shape index (κ3) is 6.31. The summed E-state index contributed by atoms with van der Waals surface area (Å²) in [5.41, 5.74) is 2.23. The molecular weight excluding hydrogens is 435 g/mol. The van der Waals surface area contributed by atoms with Crippen LogP contribution in [0, 0.1) is 10.1 Å². The Labute approximate surface area is 186 Å². The number of hydrogen-bond donors (Lipinski definition) is 1. The van der Waals surface area contributed by atoms with E-state index in [1.54, 1.807) is 19.9 Å². The smallest absolute Gasteiger partial charge is 0.462 e. The highest BCUT2D eigenvalue weighted by molar-refractivity contribution is 7.52. The number of hydrogen-bond acceptors (Lipinski definition) is 7. The Morgan fingerprint density at radius 2 is 1.59 bits per heavy atom. The standard InChI is InChI=1S/C22H27N2O7P/c1-15(2)29-22(25)16(3)23-32(28,30-20-12-9-19(10-13-20)24(26)27)31-21-11-8-17-6-4-5-7-18(17)14-21/h8-16H,4-7H2,1-3H3,(H,23,28)/t16-,32?/m0/s1. The van der Waals surface area contributed by atoms with Crippen molar-refractivity contribution in [3.63, 3.8) is 0 Å².